The van der Waals surface area contributed by atoms with Crippen molar-refractivity contribution in [3.63, 3.8) is 0 Å². The summed E-state index contributed by atoms with van der Waals surface area (Å²) in [7, 11) is 1.70. The van der Waals surface area contributed by atoms with Gasteiger partial charge in [-0.25, -0.2) is 4.98 Å². The molecule has 0 saturated carbocycles. The topological polar surface area (TPSA) is 66.2 Å². The maximum absolute atomic E-state index is 13.0. The van der Waals surface area contributed by atoms with Crippen LogP contribution in [0.3, 0.4) is 0 Å². The lowest BCUT2D eigenvalue weighted by atomic mass is 10.1. The van der Waals surface area contributed by atoms with E-state index in [0.717, 1.165) is 10.4 Å². The molecule has 0 bridgehead atoms. The van der Waals surface area contributed by atoms with Crippen molar-refractivity contribution in [2.75, 3.05) is 18.6 Å². The van der Waals surface area contributed by atoms with Gasteiger partial charge in [0.2, 0.25) is 0 Å². The molecule has 1 aliphatic heterocycles. The van der Waals surface area contributed by atoms with Gasteiger partial charge >= 0.3 is 0 Å². The molecule has 1 amide bonds. The van der Waals surface area contributed by atoms with E-state index in [1.807, 2.05) is 18.2 Å². The number of halogens is 1. The Morgan fingerprint density at radius 1 is 1.37 bits per heavy atom. The second-order valence-electron chi connectivity index (χ2n) is 6.02. The number of benzene rings is 1. The quantitative estimate of drug-likeness (QED) is 0.638. The second kappa shape index (κ2) is 7.03. The average molecular weight is 396 g/mol. The molecule has 0 saturated heterocycles. The molecule has 3 aromatic rings. The molecule has 0 aliphatic carbocycles. The Balaban J connectivity index is 1.78. The smallest absolute Gasteiger partial charge is 0.268 e. The number of fused-ring (bicyclic) bond motifs is 3. The maximum atomic E-state index is 13.0. The molecule has 1 aliphatic rings. The minimum atomic E-state index is -0.147. The van der Waals surface area contributed by atoms with Crippen molar-refractivity contribution in [3.8, 4) is 22.3 Å². The first-order valence-corrected chi connectivity index (χ1v) is 9.47. The molecule has 27 heavy (non-hydrogen) atoms. The summed E-state index contributed by atoms with van der Waals surface area (Å²) < 4.78 is 5.77. The molecule has 7 heteroatoms. The number of ether oxygens (including phenoxy) is 1. The molecule has 134 valence electrons. The van der Waals surface area contributed by atoms with E-state index in [9.17, 15) is 10.1 Å². The summed E-state index contributed by atoms with van der Waals surface area (Å²) in [6, 6.07) is 13.0. The van der Waals surface area contributed by atoms with Crippen LogP contribution in [-0.2, 0) is 6.42 Å². The van der Waals surface area contributed by atoms with Crippen molar-refractivity contribution in [2.24, 2.45) is 0 Å². The van der Waals surface area contributed by atoms with Gasteiger partial charge < -0.3 is 9.64 Å². The third kappa shape index (κ3) is 3.05. The molecule has 1 aromatic carbocycles. The SMILES string of the molecule is CN(C(=O)c1cc2c(s1)-c1c(ccnc1C#N)OCC2)c1ccccc1Cl. The number of nitrogens with zero attached hydrogens (tertiary/aromatic N) is 3. The number of carbonyl (C=O) groups excluding carboxylic acids is 1. The van der Waals surface area contributed by atoms with Gasteiger partial charge in [-0.15, -0.1) is 11.3 Å². The molecule has 0 fully saturated rings. The van der Waals surface area contributed by atoms with Crippen LogP contribution in [0.1, 0.15) is 20.9 Å². The summed E-state index contributed by atoms with van der Waals surface area (Å²) in [5.41, 5.74) is 2.60. The highest BCUT2D eigenvalue weighted by Gasteiger charge is 2.26. The largest absolute Gasteiger partial charge is 0.492 e. The van der Waals surface area contributed by atoms with Crippen LogP contribution in [0.2, 0.25) is 5.02 Å². The fraction of sp³-hybridized carbons (Fsp3) is 0.150. The fourth-order valence-corrected chi connectivity index (χ4v) is 4.57. The Labute approximate surface area is 165 Å². The van der Waals surface area contributed by atoms with Crippen LogP contribution < -0.4 is 9.64 Å². The number of nitriles is 1. The molecule has 0 spiro atoms. The van der Waals surface area contributed by atoms with Crippen LogP contribution in [0, 0.1) is 11.3 Å². The third-order valence-corrected chi connectivity index (χ3v) is 5.92. The number of anilines is 1. The lowest BCUT2D eigenvalue weighted by Gasteiger charge is -2.17. The average Bonchev–Trinajstić information content (AvgIpc) is 3.02. The predicted octanol–water partition coefficient (Wildman–Crippen LogP) is 4.55. The molecule has 4 rings (SSSR count). The normalized spacial score (nSPS) is 12.2. The van der Waals surface area contributed by atoms with Gasteiger partial charge in [-0.05, 0) is 29.8 Å². The van der Waals surface area contributed by atoms with Crippen LogP contribution in [0.4, 0.5) is 5.69 Å². The van der Waals surface area contributed by atoms with Crippen molar-refractivity contribution in [1.29, 1.82) is 5.26 Å². The number of hydrogen-bond donors (Lipinski definition) is 0. The highest BCUT2D eigenvalue weighted by atomic mass is 35.5. The molecule has 5 nitrogen and oxygen atoms in total. The van der Waals surface area contributed by atoms with Crippen LogP contribution in [0.5, 0.6) is 5.75 Å². The number of carbonyl (C=O) groups is 1. The molecular weight excluding hydrogens is 382 g/mol. The van der Waals surface area contributed by atoms with Crippen molar-refractivity contribution < 1.29 is 9.53 Å². The number of pyridine rings is 1. The summed E-state index contributed by atoms with van der Waals surface area (Å²) in [5, 5.41) is 9.96. The number of para-hydroxylation sites is 1. The van der Waals surface area contributed by atoms with Gasteiger partial charge in [0, 0.05) is 24.5 Å². The lowest BCUT2D eigenvalue weighted by Crippen LogP contribution is -2.25. The summed E-state index contributed by atoms with van der Waals surface area (Å²) in [4.78, 5) is 20.2. The zero-order valence-corrected chi connectivity index (χ0v) is 16.0. The van der Waals surface area contributed by atoms with Crippen LogP contribution >= 0.6 is 22.9 Å². The zero-order valence-electron chi connectivity index (χ0n) is 14.4. The van der Waals surface area contributed by atoms with E-state index < -0.39 is 0 Å². The van der Waals surface area contributed by atoms with Gasteiger partial charge in [0.1, 0.15) is 11.8 Å². The van der Waals surface area contributed by atoms with E-state index in [-0.39, 0.29) is 5.91 Å². The molecule has 2 aromatic heterocycles. The maximum Gasteiger partial charge on any atom is 0.268 e. The van der Waals surface area contributed by atoms with Crippen LogP contribution in [0.25, 0.3) is 10.4 Å². The van der Waals surface area contributed by atoms with Gasteiger partial charge in [0.25, 0.3) is 5.91 Å². The molecule has 3 heterocycles. The summed E-state index contributed by atoms with van der Waals surface area (Å²) >= 11 is 7.58. The van der Waals surface area contributed by atoms with Gasteiger partial charge in [-0.2, -0.15) is 5.26 Å². The van der Waals surface area contributed by atoms with Crippen molar-refractivity contribution >= 4 is 34.5 Å². The Bertz CT molecular complexity index is 1090. The van der Waals surface area contributed by atoms with E-state index in [0.29, 0.717) is 45.6 Å². The molecule has 0 radical (unpaired) electrons. The van der Waals surface area contributed by atoms with Crippen molar-refractivity contribution in [1.82, 2.24) is 4.98 Å². The Morgan fingerprint density at radius 2 is 2.19 bits per heavy atom. The number of amides is 1. The highest BCUT2D eigenvalue weighted by Crippen LogP contribution is 2.42. The van der Waals surface area contributed by atoms with Gasteiger partial charge in [-0.1, -0.05) is 23.7 Å². The number of thiophene rings is 1. The molecule has 0 N–H and O–H groups in total. The van der Waals surface area contributed by atoms with Gasteiger partial charge in [-0.3, -0.25) is 4.79 Å². The van der Waals surface area contributed by atoms with E-state index in [4.69, 9.17) is 16.3 Å². The first-order valence-electron chi connectivity index (χ1n) is 8.27. The van der Waals surface area contributed by atoms with Crippen LogP contribution in [0.15, 0.2) is 42.6 Å². The first-order chi connectivity index (χ1) is 13.1. The monoisotopic (exact) mass is 395 g/mol. The highest BCUT2D eigenvalue weighted by molar-refractivity contribution is 7.17. The number of aromatic nitrogens is 1. The van der Waals surface area contributed by atoms with E-state index >= 15 is 0 Å². The fourth-order valence-electron chi connectivity index (χ4n) is 3.07. The minimum Gasteiger partial charge on any atom is -0.492 e. The second-order valence-corrected chi connectivity index (χ2v) is 7.48. The zero-order chi connectivity index (χ0) is 19.0. The van der Waals surface area contributed by atoms with E-state index in [1.165, 1.54) is 11.3 Å². The Morgan fingerprint density at radius 3 is 2.96 bits per heavy atom. The van der Waals surface area contributed by atoms with Gasteiger partial charge in [0.15, 0.2) is 5.69 Å². The van der Waals surface area contributed by atoms with E-state index in [1.54, 1.807) is 36.3 Å². The van der Waals surface area contributed by atoms with E-state index in [2.05, 4.69) is 11.1 Å². The molecule has 0 atom stereocenters. The summed E-state index contributed by atoms with van der Waals surface area (Å²) in [6.07, 6.45) is 2.22. The first kappa shape index (κ1) is 17.5. The molecule has 0 unspecified atom stereocenters. The summed E-state index contributed by atoms with van der Waals surface area (Å²) in [6.45, 7) is 0.486. The standard InChI is InChI=1S/C20H14ClN3O2S/c1-24(15-5-3-2-4-13(15)21)20(25)17-10-12-7-9-26-16-6-8-23-14(11-22)18(16)19(12)27-17/h2-6,8,10H,7,9H2,1H3. The van der Waals surface area contributed by atoms with Crippen molar-refractivity contribution in [3.05, 3.63) is 63.8 Å². The lowest BCUT2D eigenvalue weighted by molar-refractivity contribution is 0.0997. The van der Waals surface area contributed by atoms with Crippen molar-refractivity contribution in [2.45, 2.75) is 6.42 Å². The summed E-state index contributed by atoms with van der Waals surface area (Å²) in [5.74, 6) is 0.478. The number of rotatable bonds is 2. The Hall–Kier alpha value is -2.88. The van der Waals surface area contributed by atoms with Crippen LogP contribution in [-0.4, -0.2) is 24.5 Å². The number of hydrogen-bond acceptors (Lipinski definition) is 5. The predicted molar refractivity (Wildman–Crippen MR) is 106 cm³/mol. The third-order valence-electron chi connectivity index (χ3n) is 4.41. The molecular formula is C20H14ClN3O2S. The Kier molecular flexibility index (Phi) is 4.56. The minimum absolute atomic E-state index is 0.147. The van der Waals surface area contributed by atoms with Gasteiger partial charge in [0.05, 0.1) is 27.8 Å².